The molecule has 20 heavy (non-hydrogen) atoms. The van der Waals surface area contributed by atoms with E-state index in [4.69, 9.17) is 9.26 Å². The lowest BCUT2D eigenvalue weighted by atomic mass is 9.96. The highest BCUT2D eigenvalue weighted by Crippen LogP contribution is 2.31. The molecule has 0 fully saturated rings. The average Bonchev–Trinajstić information content (AvgIpc) is 2.84. The molecule has 0 aliphatic heterocycles. The van der Waals surface area contributed by atoms with E-state index in [-0.39, 0.29) is 0 Å². The number of ether oxygens (including phenoxy) is 1. The molecule has 116 valence electrons. The molecule has 0 aliphatic rings. The molecular weight excluding hydrogens is 256 g/mol. The van der Waals surface area contributed by atoms with Crippen LogP contribution in [0, 0.1) is 5.92 Å². The molecule has 1 rings (SSSR count). The summed E-state index contributed by atoms with van der Waals surface area (Å²) < 4.78 is 11.1. The normalized spacial score (nSPS) is 13.9. The van der Waals surface area contributed by atoms with Gasteiger partial charge in [-0.2, -0.15) is 4.98 Å². The highest BCUT2D eigenvalue weighted by atomic mass is 16.5. The molecule has 0 aliphatic carbocycles. The Balaban J connectivity index is 2.79. The van der Waals surface area contributed by atoms with Crippen molar-refractivity contribution in [2.75, 3.05) is 6.61 Å². The molecule has 0 amide bonds. The smallest absolute Gasteiger partial charge is 0.229 e. The molecule has 0 saturated carbocycles. The highest BCUT2D eigenvalue weighted by Gasteiger charge is 2.34. The Morgan fingerprint density at radius 2 is 1.90 bits per heavy atom. The molecule has 0 spiro atoms. The summed E-state index contributed by atoms with van der Waals surface area (Å²) in [6, 6.07) is 0. The fourth-order valence-corrected chi connectivity index (χ4v) is 2.46. The van der Waals surface area contributed by atoms with E-state index in [0.29, 0.717) is 30.7 Å². The minimum absolute atomic E-state index is 0.404. The van der Waals surface area contributed by atoms with Gasteiger partial charge in [0.2, 0.25) is 11.7 Å². The maximum atomic E-state index is 9.94. The maximum Gasteiger partial charge on any atom is 0.229 e. The van der Waals surface area contributed by atoms with Crippen LogP contribution in [0.3, 0.4) is 0 Å². The Hall–Kier alpha value is -0.940. The molecule has 0 bridgehead atoms. The van der Waals surface area contributed by atoms with Gasteiger partial charge < -0.3 is 14.4 Å². The third-order valence-electron chi connectivity index (χ3n) is 3.59. The van der Waals surface area contributed by atoms with E-state index in [2.05, 4.69) is 37.8 Å². The predicted molar refractivity (Wildman–Crippen MR) is 77.3 cm³/mol. The largest absolute Gasteiger partial charge is 0.393 e. The minimum atomic E-state index is -0.473. The number of aliphatic hydroxyl groups is 1. The number of nitrogens with zero attached hydrogens (tertiary/aromatic N) is 2. The second-order valence-corrected chi connectivity index (χ2v) is 5.63. The predicted octanol–water partition coefficient (Wildman–Crippen LogP) is 3.07. The first kappa shape index (κ1) is 17.1. The minimum Gasteiger partial charge on any atom is -0.393 e. The zero-order chi connectivity index (χ0) is 15.2. The first-order valence-corrected chi connectivity index (χ1v) is 7.62. The number of aliphatic hydroxyl groups excluding tert-OH is 1. The second-order valence-electron chi connectivity index (χ2n) is 5.63. The first-order chi connectivity index (χ1) is 9.47. The zero-order valence-electron chi connectivity index (χ0n) is 13.3. The van der Waals surface area contributed by atoms with Gasteiger partial charge in [0.05, 0.1) is 12.5 Å². The van der Waals surface area contributed by atoms with Crippen LogP contribution >= 0.6 is 0 Å². The first-order valence-electron chi connectivity index (χ1n) is 7.62. The van der Waals surface area contributed by atoms with E-state index in [1.165, 1.54) is 0 Å². The van der Waals surface area contributed by atoms with Gasteiger partial charge in [0.25, 0.3) is 0 Å². The van der Waals surface area contributed by atoms with E-state index in [0.717, 1.165) is 19.3 Å². The van der Waals surface area contributed by atoms with E-state index in [1.807, 2.05) is 6.92 Å². The zero-order valence-corrected chi connectivity index (χ0v) is 13.3. The summed E-state index contributed by atoms with van der Waals surface area (Å²) in [4.78, 5) is 4.43. The Kier molecular flexibility index (Phi) is 6.62. The highest BCUT2D eigenvalue weighted by molar-refractivity contribution is 5.01. The van der Waals surface area contributed by atoms with Gasteiger partial charge in [0, 0.05) is 6.61 Å². The van der Waals surface area contributed by atoms with Crippen molar-refractivity contribution in [1.82, 2.24) is 10.1 Å². The van der Waals surface area contributed by atoms with Crippen molar-refractivity contribution in [3.63, 3.8) is 0 Å². The Morgan fingerprint density at radius 3 is 2.40 bits per heavy atom. The van der Waals surface area contributed by atoms with Crippen molar-refractivity contribution in [2.45, 2.75) is 72.0 Å². The fourth-order valence-electron chi connectivity index (χ4n) is 2.46. The van der Waals surface area contributed by atoms with Crippen LogP contribution < -0.4 is 0 Å². The van der Waals surface area contributed by atoms with Crippen molar-refractivity contribution in [3.8, 4) is 0 Å². The summed E-state index contributed by atoms with van der Waals surface area (Å²) in [6.45, 7) is 10.9. The van der Waals surface area contributed by atoms with Crippen molar-refractivity contribution in [1.29, 1.82) is 0 Å². The summed E-state index contributed by atoms with van der Waals surface area (Å²) in [5, 5.41) is 14.0. The van der Waals surface area contributed by atoms with Crippen LogP contribution in [-0.4, -0.2) is 28.0 Å². The third-order valence-corrected chi connectivity index (χ3v) is 3.59. The molecule has 5 nitrogen and oxygen atoms in total. The summed E-state index contributed by atoms with van der Waals surface area (Å²) in [7, 11) is 0. The Labute approximate surface area is 121 Å². The van der Waals surface area contributed by atoms with Gasteiger partial charge in [0.1, 0.15) is 5.60 Å². The molecule has 1 atom stereocenters. The number of aromatic nitrogens is 2. The van der Waals surface area contributed by atoms with Crippen molar-refractivity contribution < 1.29 is 14.4 Å². The Morgan fingerprint density at radius 1 is 1.25 bits per heavy atom. The summed E-state index contributed by atoms with van der Waals surface area (Å²) in [5.74, 6) is 1.52. The van der Waals surface area contributed by atoms with Gasteiger partial charge in [-0.05, 0) is 32.1 Å². The molecule has 1 heterocycles. The molecule has 1 aromatic heterocycles. The molecule has 0 radical (unpaired) electrons. The van der Waals surface area contributed by atoms with E-state index in [1.54, 1.807) is 0 Å². The van der Waals surface area contributed by atoms with Crippen LogP contribution in [0.1, 0.15) is 65.6 Å². The van der Waals surface area contributed by atoms with Gasteiger partial charge >= 0.3 is 0 Å². The SMILES string of the molecule is CCOC(CC)(CC)c1noc(CC(O)CC(C)C)n1. The van der Waals surface area contributed by atoms with Gasteiger partial charge in [0.15, 0.2) is 0 Å². The molecule has 0 aromatic carbocycles. The van der Waals surface area contributed by atoms with Crippen LogP contribution in [-0.2, 0) is 16.8 Å². The lowest BCUT2D eigenvalue weighted by Crippen LogP contribution is -2.30. The van der Waals surface area contributed by atoms with Gasteiger partial charge in [-0.15, -0.1) is 0 Å². The standard InChI is InChI=1S/C15H28N2O3/c1-6-15(7-2,19-8-3)14-16-13(20-17-14)10-12(18)9-11(4)5/h11-12,18H,6-10H2,1-5H3. The van der Waals surface area contributed by atoms with Crippen LogP contribution in [0.15, 0.2) is 4.52 Å². The lowest BCUT2D eigenvalue weighted by molar-refractivity contribution is -0.0583. The number of hydrogen-bond acceptors (Lipinski definition) is 5. The molecule has 0 saturated heterocycles. The second kappa shape index (κ2) is 7.74. The van der Waals surface area contributed by atoms with Crippen LogP contribution in [0.4, 0.5) is 0 Å². The number of hydrogen-bond donors (Lipinski definition) is 1. The van der Waals surface area contributed by atoms with Gasteiger partial charge in [-0.1, -0.05) is 32.9 Å². The van der Waals surface area contributed by atoms with Gasteiger partial charge in [-0.3, -0.25) is 0 Å². The van der Waals surface area contributed by atoms with Crippen molar-refractivity contribution in [2.24, 2.45) is 5.92 Å². The lowest BCUT2D eigenvalue weighted by Gasteiger charge is -2.27. The molecular formula is C15H28N2O3. The summed E-state index contributed by atoms with van der Waals surface area (Å²) in [5.41, 5.74) is -0.473. The molecule has 5 heteroatoms. The Bertz CT molecular complexity index is 386. The fraction of sp³-hybridized carbons (Fsp3) is 0.867. The average molecular weight is 284 g/mol. The molecule has 1 N–H and O–H groups in total. The summed E-state index contributed by atoms with van der Waals surface area (Å²) >= 11 is 0. The van der Waals surface area contributed by atoms with E-state index >= 15 is 0 Å². The topological polar surface area (TPSA) is 68.4 Å². The van der Waals surface area contributed by atoms with Crippen LogP contribution in [0.25, 0.3) is 0 Å². The van der Waals surface area contributed by atoms with E-state index < -0.39 is 11.7 Å². The maximum absolute atomic E-state index is 9.94. The van der Waals surface area contributed by atoms with Crippen LogP contribution in [0.2, 0.25) is 0 Å². The number of rotatable bonds is 9. The summed E-state index contributed by atoms with van der Waals surface area (Å²) in [6.07, 6.45) is 2.29. The van der Waals surface area contributed by atoms with Crippen LogP contribution in [0.5, 0.6) is 0 Å². The third kappa shape index (κ3) is 4.28. The monoisotopic (exact) mass is 284 g/mol. The van der Waals surface area contributed by atoms with Crippen molar-refractivity contribution >= 4 is 0 Å². The molecule has 1 unspecified atom stereocenters. The molecule has 1 aromatic rings. The van der Waals surface area contributed by atoms with E-state index in [9.17, 15) is 5.11 Å². The van der Waals surface area contributed by atoms with Crippen molar-refractivity contribution in [3.05, 3.63) is 11.7 Å². The quantitative estimate of drug-likeness (QED) is 0.754. The van der Waals surface area contributed by atoms with Gasteiger partial charge in [-0.25, -0.2) is 0 Å².